The number of nitrogens with two attached hydrogens (primary N) is 1. The summed E-state index contributed by atoms with van der Waals surface area (Å²) in [5.41, 5.74) is 5.23. The molecule has 6 heteroatoms. The number of nitrogens with zero attached hydrogens (tertiary/aromatic N) is 1. The molecule has 0 aliphatic rings. The van der Waals surface area contributed by atoms with Crippen molar-refractivity contribution in [3.8, 4) is 0 Å². The Morgan fingerprint density at radius 1 is 1.53 bits per heavy atom. The molecule has 17 heavy (non-hydrogen) atoms. The Labute approximate surface area is 107 Å². The number of halogens is 2. The maximum absolute atomic E-state index is 12.9. The highest BCUT2D eigenvalue weighted by atomic mass is 35.5. The third-order valence-electron chi connectivity index (χ3n) is 2.43. The molecule has 3 nitrogen and oxygen atoms in total. The summed E-state index contributed by atoms with van der Waals surface area (Å²) >= 11 is 7.54. The SMILES string of the molecule is NNC(Cc1cncs1)c1ccc(F)cc1Cl. The van der Waals surface area contributed by atoms with Crippen LogP contribution in [0.4, 0.5) is 4.39 Å². The molecule has 1 aromatic heterocycles. The first kappa shape index (κ1) is 12.4. The largest absolute Gasteiger partial charge is 0.271 e. The molecule has 1 unspecified atom stereocenters. The molecule has 3 N–H and O–H groups in total. The van der Waals surface area contributed by atoms with Crippen LogP contribution in [0.5, 0.6) is 0 Å². The molecule has 2 rings (SSSR count). The Bertz CT molecular complexity index is 489. The van der Waals surface area contributed by atoms with Crippen molar-refractivity contribution in [2.24, 2.45) is 5.84 Å². The van der Waals surface area contributed by atoms with E-state index in [0.717, 1.165) is 10.4 Å². The zero-order valence-electron chi connectivity index (χ0n) is 8.86. The molecule has 2 aromatic rings. The molecule has 0 radical (unpaired) electrons. The number of hydrazine groups is 1. The first-order chi connectivity index (χ1) is 8.20. The zero-order valence-corrected chi connectivity index (χ0v) is 10.4. The van der Waals surface area contributed by atoms with Crippen molar-refractivity contribution in [1.29, 1.82) is 0 Å². The summed E-state index contributed by atoms with van der Waals surface area (Å²) in [5.74, 6) is 5.16. The molecule has 0 aliphatic carbocycles. The van der Waals surface area contributed by atoms with Crippen molar-refractivity contribution in [2.75, 3.05) is 0 Å². The fourth-order valence-electron chi connectivity index (χ4n) is 1.59. The summed E-state index contributed by atoms with van der Waals surface area (Å²) < 4.78 is 12.9. The molecule has 1 aromatic carbocycles. The van der Waals surface area contributed by atoms with Gasteiger partial charge in [-0.15, -0.1) is 11.3 Å². The molecule has 0 amide bonds. The Balaban J connectivity index is 2.23. The van der Waals surface area contributed by atoms with E-state index in [1.54, 1.807) is 29.1 Å². The van der Waals surface area contributed by atoms with Crippen LogP contribution in [0.2, 0.25) is 5.02 Å². The third-order valence-corrected chi connectivity index (χ3v) is 3.56. The van der Waals surface area contributed by atoms with E-state index in [1.807, 2.05) is 0 Å². The minimum absolute atomic E-state index is 0.149. The van der Waals surface area contributed by atoms with E-state index in [0.29, 0.717) is 11.4 Å². The van der Waals surface area contributed by atoms with Crippen LogP contribution < -0.4 is 11.3 Å². The van der Waals surface area contributed by atoms with Gasteiger partial charge in [-0.05, 0) is 17.7 Å². The Morgan fingerprint density at radius 3 is 2.94 bits per heavy atom. The van der Waals surface area contributed by atoms with Gasteiger partial charge in [0.05, 0.1) is 11.6 Å². The monoisotopic (exact) mass is 271 g/mol. The molecule has 0 fully saturated rings. The Kier molecular flexibility index (Phi) is 4.06. The fourth-order valence-corrected chi connectivity index (χ4v) is 2.53. The molecule has 0 saturated heterocycles. The number of hydrogen-bond donors (Lipinski definition) is 2. The summed E-state index contributed by atoms with van der Waals surface area (Å²) in [6.07, 6.45) is 2.46. The molecular weight excluding hydrogens is 261 g/mol. The number of rotatable bonds is 4. The van der Waals surface area contributed by atoms with Crippen molar-refractivity contribution >= 4 is 22.9 Å². The molecular formula is C11H11ClFN3S. The van der Waals surface area contributed by atoms with Gasteiger partial charge in [0.1, 0.15) is 5.82 Å². The van der Waals surface area contributed by atoms with Crippen molar-refractivity contribution in [3.05, 3.63) is 51.2 Å². The molecule has 1 atom stereocenters. The van der Waals surface area contributed by atoms with Crippen LogP contribution in [0, 0.1) is 5.82 Å². The van der Waals surface area contributed by atoms with Crippen molar-refractivity contribution < 1.29 is 4.39 Å². The standard InChI is InChI=1S/C11H11ClFN3S/c12-10-3-7(13)1-2-9(10)11(16-14)4-8-5-15-6-17-8/h1-3,5-6,11,16H,4,14H2. The molecule has 1 heterocycles. The molecule has 0 aliphatic heterocycles. The lowest BCUT2D eigenvalue weighted by atomic mass is 10.0. The second-order valence-electron chi connectivity index (χ2n) is 3.56. The highest BCUT2D eigenvalue weighted by Crippen LogP contribution is 2.26. The highest BCUT2D eigenvalue weighted by molar-refractivity contribution is 7.09. The minimum atomic E-state index is -0.354. The Hall–Kier alpha value is -1.01. The topological polar surface area (TPSA) is 50.9 Å². The second kappa shape index (κ2) is 5.55. The van der Waals surface area contributed by atoms with Crippen molar-refractivity contribution in [3.63, 3.8) is 0 Å². The number of hydrogen-bond acceptors (Lipinski definition) is 4. The predicted molar refractivity (Wildman–Crippen MR) is 67.3 cm³/mol. The van der Waals surface area contributed by atoms with Gasteiger partial charge in [0, 0.05) is 22.5 Å². The number of benzene rings is 1. The van der Waals surface area contributed by atoms with Gasteiger partial charge >= 0.3 is 0 Å². The summed E-state index contributed by atoms with van der Waals surface area (Å²) in [5, 5.41) is 0.373. The summed E-state index contributed by atoms with van der Waals surface area (Å²) in [4.78, 5) is 5.09. The van der Waals surface area contributed by atoms with Crippen molar-refractivity contribution in [1.82, 2.24) is 10.4 Å². The molecule has 0 saturated carbocycles. The lowest BCUT2D eigenvalue weighted by molar-refractivity contribution is 0.552. The first-order valence-corrected chi connectivity index (χ1v) is 6.25. The molecule has 0 bridgehead atoms. The van der Waals surface area contributed by atoms with Crippen LogP contribution in [0.25, 0.3) is 0 Å². The smallest absolute Gasteiger partial charge is 0.124 e. The van der Waals surface area contributed by atoms with E-state index >= 15 is 0 Å². The molecule has 0 spiro atoms. The van der Waals surface area contributed by atoms with Crippen molar-refractivity contribution in [2.45, 2.75) is 12.5 Å². The normalized spacial score (nSPS) is 12.6. The van der Waals surface area contributed by atoms with E-state index in [-0.39, 0.29) is 11.9 Å². The van der Waals surface area contributed by atoms with Crippen LogP contribution in [0.3, 0.4) is 0 Å². The van der Waals surface area contributed by atoms with Gasteiger partial charge < -0.3 is 0 Å². The first-order valence-electron chi connectivity index (χ1n) is 4.99. The van der Waals surface area contributed by atoms with Gasteiger partial charge in [-0.3, -0.25) is 16.3 Å². The third kappa shape index (κ3) is 3.01. The maximum atomic E-state index is 12.9. The van der Waals surface area contributed by atoms with E-state index in [2.05, 4.69) is 10.4 Å². The van der Waals surface area contributed by atoms with E-state index < -0.39 is 0 Å². The van der Waals surface area contributed by atoms with Crippen LogP contribution in [0.15, 0.2) is 29.9 Å². The van der Waals surface area contributed by atoms with Gasteiger partial charge in [-0.1, -0.05) is 17.7 Å². The summed E-state index contributed by atoms with van der Waals surface area (Å²) in [6.45, 7) is 0. The quantitative estimate of drug-likeness (QED) is 0.664. The maximum Gasteiger partial charge on any atom is 0.124 e. The predicted octanol–water partition coefficient (Wildman–Crippen LogP) is 2.68. The average Bonchev–Trinajstić information content (AvgIpc) is 2.79. The minimum Gasteiger partial charge on any atom is -0.271 e. The van der Waals surface area contributed by atoms with Gasteiger partial charge in [0.2, 0.25) is 0 Å². The summed E-state index contributed by atoms with van der Waals surface area (Å²) in [6, 6.07) is 4.15. The van der Waals surface area contributed by atoms with Crippen LogP contribution >= 0.6 is 22.9 Å². The van der Waals surface area contributed by atoms with Crippen LogP contribution in [-0.2, 0) is 6.42 Å². The summed E-state index contributed by atoms with van der Waals surface area (Å²) in [7, 11) is 0. The lowest BCUT2D eigenvalue weighted by Gasteiger charge is -2.16. The fraction of sp³-hybridized carbons (Fsp3) is 0.182. The Morgan fingerprint density at radius 2 is 2.35 bits per heavy atom. The number of nitrogens with one attached hydrogen (secondary N) is 1. The zero-order chi connectivity index (χ0) is 12.3. The second-order valence-corrected chi connectivity index (χ2v) is 4.94. The molecule has 90 valence electrons. The van der Waals surface area contributed by atoms with Gasteiger partial charge in [0.15, 0.2) is 0 Å². The average molecular weight is 272 g/mol. The van der Waals surface area contributed by atoms with Crippen LogP contribution in [-0.4, -0.2) is 4.98 Å². The number of thiazole rings is 1. The van der Waals surface area contributed by atoms with Gasteiger partial charge in [-0.25, -0.2) is 4.39 Å². The van der Waals surface area contributed by atoms with E-state index in [9.17, 15) is 4.39 Å². The van der Waals surface area contributed by atoms with E-state index in [4.69, 9.17) is 17.4 Å². The highest BCUT2D eigenvalue weighted by Gasteiger charge is 2.15. The van der Waals surface area contributed by atoms with Gasteiger partial charge in [0.25, 0.3) is 0 Å². The van der Waals surface area contributed by atoms with E-state index in [1.165, 1.54) is 12.1 Å². The lowest BCUT2D eigenvalue weighted by Crippen LogP contribution is -2.29. The number of aromatic nitrogens is 1. The van der Waals surface area contributed by atoms with Gasteiger partial charge in [-0.2, -0.15) is 0 Å². The van der Waals surface area contributed by atoms with Crippen LogP contribution in [0.1, 0.15) is 16.5 Å².